The van der Waals surface area contributed by atoms with Crippen molar-refractivity contribution in [3.8, 4) is 17.2 Å². The standard InChI is InChI=1S/C27H28N2O5/c1-4-34-23-13-7-19(8-14-23)28-27(31)24-17-25(30)29(20-9-15-22(33-3)16-10-20)26(24)18-5-11-21(32-2)12-6-18/h5-16,24,26H,4,17H2,1-3H3,(H,28,31). The van der Waals surface area contributed by atoms with E-state index in [1.807, 2.05) is 55.5 Å². The van der Waals surface area contributed by atoms with Crippen LogP contribution in [0.25, 0.3) is 0 Å². The Labute approximate surface area is 199 Å². The number of hydrogen-bond acceptors (Lipinski definition) is 5. The first-order valence-electron chi connectivity index (χ1n) is 11.2. The van der Waals surface area contributed by atoms with Gasteiger partial charge in [0.25, 0.3) is 0 Å². The van der Waals surface area contributed by atoms with E-state index in [9.17, 15) is 9.59 Å². The molecule has 0 saturated carbocycles. The highest BCUT2D eigenvalue weighted by molar-refractivity contribution is 6.04. The molecule has 1 N–H and O–H groups in total. The Morgan fingerprint density at radius 1 is 0.882 bits per heavy atom. The Morgan fingerprint density at radius 2 is 1.44 bits per heavy atom. The van der Waals surface area contributed by atoms with Gasteiger partial charge in [-0.15, -0.1) is 0 Å². The van der Waals surface area contributed by atoms with Crippen LogP contribution in [0.5, 0.6) is 17.2 Å². The molecule has 3 aromatic carbocycles. The SMILES string of the molecule is CCOc1ccc(NC(=O)C2CC(=O)N(c3ccc(OC)cc3)C2c2ccc(OC)cc2)cc1. The number of carbonyl (C=O) groups is 2. The quantitative estimate of drug-likeness (QED) is 0.521. The maximum absolute atomic E-state index is 13.4. The molecule has 0 bridgehead atoms. The van der Waals surface area contributed by atoms with Gasteiger partial charge in [-0.2, -0.15) is 0 Å². The van der Waals surface area contributed by atoms with Crippen LogP contribution in [0, 0.1) is 5.92 Å². The molecule has 1 fully saturated rings. The van der Waals surface area contributed by atoms with Crippen LogP contribution < -0.4 is 24.4 Å². The van der Waals surface area contributed by atoms with Crippen LogP contribution in [-0.2, 0) is 9.59 Å². The van der Waals surface area contributed by atoms with Crippen LogP contribution in [0.4, 0.5) is 11.4 Å². The molecule has 0 aromatic heterocycles. The third kappa shape index (κ3) is 4.83. The van der Waals surface area contributed by atoms with Crippen molar-refractivity contribution < 1.29 is 23.8 Å². The lowest BCUT2D eigenvalue weighted by molar-refractivity contribution is -0.122. The molecule has 2 atom stereocenters. The number of anilines is 2. The Balaban J connectivity index is 1.65. The van der Waals surface area contributed by atoms with E-state index >= 15 is 0 Å². The van der Waals surface area contributed by atoms with Crippen molar-refractivity contribution in [1.82, 2.24) is 0 Å². The van der Waals surface area contributed by atoms with Crippen molar-refractivity contribution in [3.05, 3.63) is 78.4 Å². The fraction of sp³-hybridized carbons (Fsp3) is 0.259. The Hall–Kier alpha value is -4.00. The van der Waals surface area contributed by atoms with E-state index in [2.05, 4.69) is 5.32 Å². The molecule has 7 heteroatoms. The monoisotopic (exact) mass is 460 g/mol. The number of nitrogens with one attached hydrogen (secondary N) is 1. The Kier molecular flexibility index (Phi) is 7.01. The Morgan fingerprint density at radius 3 is 2.00 bits per heavy atom. The zero-order valence-corrected chi connectivity index (χ0v) is 19.5. The predicted octanol–water partition coefficient (Wildman–Crippen LogP) is 4.84. The molecule has 1 heterocycles. The van der Waals surface area contributed by atoms with Gasteiger partial charge in [-0.05, 0) is 73.2 Å². The predicted molar refractivity (Wildman–Crippen MR) is 131 cm³/mol. The van der Waals surface area contributed by atoms with Crippen molar-refractivity contribution in [3.63, 3.8) is 0 Å². The molecule has 4 rings (SSSR count). The minimum Gasteiger partial charge on any atom is -0.497 e. The lowest BCUT2D eigenvalue weighted by atomic mass is 9.92. The maximum Gasteiger partial charge on any atom is 0.230 e. The van der Waals surface area contributed by atoms with Crippen LogP contribution in [-0.4, -0.2) is 32.6 Å². The second kappa shape index (κ2) is 10.3. The molecule has 3 aromatic rings. The molecule has 176 valence electrons. The van der Waals surface area contributed by atoms with Crippen LogP contribution >= 0.6 is 0 Å². The average molecular weight is 461 g/mol. The van der Waals surface area contributed by atoms with Crippen molar-refractivity contribution in [2.24, 2.45) is 5.92 Å². The second-order valence-corrected chi connectivity index (χ2v) is 7.94. The van der Waals surface area contributed by atoms with E-state index in [0.717, 1.165) is 11.3 Å². The fourth-order valence-electron chi connectivity index (χ4n) is 4.24. The molecule has 7 nitrogen and oxygen atoms in total. The summed E-state index contributed by atoms with van der Waals surface area (Å²) in [6.45, 7) is 2.49. The number of hydrogen-bond donors (Lipinski definition) is 1. The third-order valence-electron chi connectivity index (χ3n) is 5.90. The minimum absolute atomic E-state index is 0.103. The molecule has 0 spiro atoms. The summed E-state index contributed by atoms with van der Waals surface area (Å²) < 4.78 is 16.0. The van der Waals surface area contributed by atoms with E-state index in [1.54, 1.807) is 43.4 Å². The number of rotatable bonds is 8. The third-order valence-corrected chi connectivity index (χ3v) is 5.90. The lowest BCUT2D eigenvalue weighted by Gasteiger charge is -2.28. The van der Waals surface area contributed by atoms with Gasteiger partial charge in [-0.25, -0.2) is 0 Å². The number of nitrogens with zero attached hydrogens (tertiary/aromatic N) is 1. The van der Waals surface area contributed by atoms with Gasteiger partial charge in [0.05, 0.1) is 32.8 Å². The van der Waals surface area contributed by atoms with Gasteiger partial charge in [0, 0.05) is 17.8 Å². The molecule has 0 radical (unpaired) electrons. The van der Waals surface area contributed by atoms with Crippen molar-refractivity contribution >= 4 is 23.2 Å². The number of ether oxygens (including phenoxy) is 3. The first-order chi connectivity index (χ1) is 16.5. The smallest absolute Gasteiger partial charge is 0.230 e. The topological polar surface area (TPSA) is 77.1 Å². The van der Waals surface area contributed by atoms with Crippen LogP contribution in [0.2, 0.25) is 0 Å². The van der Waals surface area contributed by atoms with Crippen LogP contribution in [0.3, 0.4) is 0 Å². The molecular formula is C27H28N2O5. The molecule has 1 saturated heterocycles. The van der Waals surface area contributed by atoms with E-state index in [4.69, 9.17) is 14.2 Å². The Bertz CT molecular complexity index is 1130. The summed E-state index contributed by atoms with van der Waals surface area (Å²) in [6.07, 6.45) is 0.103. The number of carbonyl (C=O) groups excluding carboxylic acids is 2. The first kappa shape index (κ1) is 23.2. The van der Waals surface area contributed by atoms with Gasteiger partial charge in [-0.1, -0.05) is 12.1 Å². The van der Waals surface area contributed by atoms with Crippen molar-refractivity contribution in [2.45, 2.75) is 19.4 Å². The number of amides is 2. The van der Waals surface area contributed by atoms with E-state index in [1.165, 1.54) is 0 Å². The zero-order chi connectivity index (χ0) is 24.1. The van der Waals surface area contributed by atoms with Gasteiger partial charge in [-0.3, -0.25) is 9.59 Å². The highest BCUT2D eigenvalue weighted by atomic mass is 16.5. The molecular weight excluding hydrogens is 432 g/mol. The van der Waals surface area contributed by atoms with E-state index in [-0.39, 0.29) is 18.2 Å². The highest BCUT2D eigenvalue weighted by Gasteiger charge is 2.45. The van der Waals surface area contributed by atoms with Gasteiger partial charge >= 0.3 is 0 Å². The van der Waals surface area contributed by atoms with Gasteiger partial charge < -0.3 is 24.4 Å². The molecule has 2 amide bonds. The first-order valence-corrected chi connectivity index (χ1v) is 11.2. The van der Waals surface area contributed by atoms with Crippen LogP contribution in [0.1, 0.15) is 24.9 Å². The van der Waals surface area contributed by atoms with Gasteiger partial charge in [0.2, 0.25) is 11.8 Å². The fourth-order valence-corrected chi connectivity index (χ4v) is 4.24. The number of benzene rings is 3. The minimum atomic E-state index is -0.574. The molecule has 0 aliphatic carbocycles. The maximum atomic E-state index is 13.4. The van der Waals surface area contributed by atoms with Gasteiger partial charge in [0.1, 0.15) is 17.2 Å². The van der Waals surface area contributed by atoms with E-state index < -0.39 is 12.0 Å². The molecule has 2 unspecified atom stereocenters. The van der Waals surface area contributed by atoms with Crippen molar-refractivity contribution in [2.75, 3.05) is 31.0 Å². The van der Waals surface area contributed by atoms with E-state index in [0.29, 0.717) is 29.5 Å². The average Bonchev–Trinajstić information content (AvgIpc) is 3.22. The van der Waals surface area contributed by atoms with Crippen LogP contribution in [0.15, 0.2) is 72.8 Å². The zero-order valence-electron chi connectivity index (χ0n) is 19.5. The normalized spacial score (nSPS) is 17.4. The molecule has 1 aliphatic rings. The lowest BCUT2D eigenvalue weighted by Crippen LogP contribution is -2.32. The summed E-state index contributed by atoms with van der Waals surface area (Å²) in [5, 5.41) is 2.97. The van der Waals surface area contributed by atoms with Gasteiger partial charge in [0.15, 0.2) is 0 Å². The molecule has 1 aliphatic heterocycles. The summed E-state index contributed by atoms with van der Waals surface area (Å²) in [4.78, 5) is 28.3. The summed E-state index contributed by atoms with van der Waals surface area (Å²) in [5.74, 6) is 1.24. The second-order valence-electron chi connectivity index (χ2n) is 7.94. The summed E-state index contributed by atoms with van der Waals surface area (Å²) in [5.41, 5.74) is 2.22. The summed E-state index contributed by atoms with van der Waals surface area (Å²) in [6, 6.07) is 21.5. The largest absolute Gasteiger partial charge is 0.497 e. The molecule has 34 heavy (non-hydrogen) atoms. The van der Waals surface area contributed by atoms with Crippen molar-refractivity contribution in [1.29, 1.82) is 0 Å². The summed E-state index contributed by atoms with van der Waals surface area (Å²) >= 11 is 0. The summed E-state index contributed by atoms with van der Waals surface area (Å²) in [7, 11) is 3.20. The highest BCUT2D eigenvalue weighted by Crippen LogP contribution is 2.42. The number of methoxy groups -OCH3 is 2.